The van der Waals surface area contributed by atoms with Crippen LogP contribution in [0, 0.1) is 0 Å². The molecule has 0 radical (unpaired) electrons. The number of amides is 1. The molecule has 4 heteroatoms. The van der Waals surface area contributed by atoms with Gasteiger partial charge in [-0.05, 0) is 44.2 Å². The summed E-state index contributed by atoms with van der Waals surface area (Å²) < 4.78 is 5.15. The van der Waals surface area contributed by atoms with E-state index in [4.69, 9.17) is 4.74 Å². The molecule has 0 bridgehead atoms. The molecule has 21 heavy (non-hydrogen) atoms. The lowest BCUT2D eigenvalue weighted by Crippen LogP contribution is -2.44. The quantitative estimate of drug-likeness (QED) is 0.876. The van der Waals surface area contributed by atoms with Crippen LogP contribution in [0.5, 0.6) is 0 Å². The van der Waals surface area contributed by atoms with Gasteiger partial charge in [-0.25, -0.2) is 0 Å². The fourth-order valence-electron chi connectivity index (χ4n) is 2.77. The van der Waals surface area contributed by atoms with E-state index in [1.807, 2.05) is 30.0 Å². The minimum absolute atomic E-state index is 0.188. The molecule has 1 saturated heterocycles. The Morgan fingerprint density at radius 1 is 1.29 bits per heavy atom. The van der Waals surface area contributed by atoms with Gasteiger partial charge >= 0.3 is 0 Å². The number of nitrogens with zero attached hydrogens (tertiary/aromatic N) is 1. The first kappa shape index (κ1) is 15.8. The predicted octanol–water partition coefficient (Wildman–Crippen LogP) is 2.69. The van der Waals surface area contributed by atoms with Crippen molar-refractivity contribution in [2.75, 3.05) is 32.1 Å². The fraction of sp³-hybridized carbons (Fsp3) is 0.588. The summed E-state index contributed by atoms with van der Waals surface area (Å²) >= 11 is 0. The van der Waals surface area contributed by atoms with E-state index >= 15 is 0 Å². The molecule has 1 amide bonds. The number of hydrogen-bond donors (Lipinski definition) is 1. The Kier molecular flexibility index (Phi) is 6.05. The van der Waals surface area contributed by atoms with Crippen LogP contribution in [0.4, 0.5) is 5.69 Å². The zero-order valence-electron chi connectivity index (χ0n) is 13.1. The van der Waals surface area contributed by atoms with Gasteiger partial charge in [0.25, 0.3) is 0 Å². The fourth-order valence-corrected chi connectivity index (χ4v) is 2.77. The summed E-state index contributed by atoms with van der Waals surface area (Å²) in [4.78, 5) is 14.5. The molecular formula is C17H26N2O2. The lowest BCUT2D eigenvalue weighted by Gasteiger charge is -2.30. The third-order valence-electron chi connectivity index (χ3n) is 4.00. The van der Waals surface area contributed by atoms with E-state index in [0.29, 0.717) is 6.61 Å². The second-order valence-corrected chi connectivity index (χ2v) is 5.65. The number of benzene rings is 1. The summed E-state index contributed by atoms with van der Waals surface area (Å²) in [6.45, 7) is 4.43. The molecule has 0 saturated carbocycles. The van der Waals surface area contributed by atoms with E-state index in [-0.39, 0.29) is 11.9 Å². The topological polar surface area (TPSA) is 41.6 Å². The Hall–Kier alpha value is -1.55. The van der Waals surface area contributed by atoms with Crippen molar-refractivity contribution in [3.63, 3.8) is 0 Å². The normalized spacial score (nSPS) is 16.6. The van der Waals surface area contributed by atoms with Gasteiger partial charge in [0.1, 0.15) is 6.04 Å². The van der Waals surface area contributed by atoms with Crippen LogP contribution in [0.1, 0.15) is 31.7 Å². The van der Waals surface area contributed by atoms with Crippen molar-refractivity contribution in [2.24, 2.45) is 0 Å². The number of piperidine rings is 1. The van der Waals surface area contributed by atoms with Gasteiger partial charge in [-0.15, -0.1) is 0 Å². The molecule has 1 heterocycles. The molecule has 1 fully saturated rings. The van der Waals surface area contributed by atoms with Gasteiger partial charge in [0, 0.05) is 25.9 Å². The Morgan fingerprint density at radius 3 is 2.71 bits per heavy atom. The number of hydrogen-bond acceptors (Lipinski definition) is 3. The maximum Gasteiger partial charge on any atom is 0.244 e. The molecule has 4 nitrogen and oxygen atoms in total. The first-order valence-corrected chi connectivity index (χ1v) is 7.84. The summed E-state index contributed by atoms with van der Waals surface area (Å²) in [6.07, 6.45) is 4.35. The number of carbonyl (C=O) groups is 1. The molecule has 1 N–H and O–H groups in total. The van der Waals surface area contributed by atoms with Crippen LogP contribution < -0.4 is 5.32 Å². The van der Waals surface area contributed by atoms with E-state index in [9.17, 15) is 4.79 Å². The van der Waals surface area contributed by atoms with E-state index in [0.717, 1.165) is 38.0 Å². The smallest absolute Gasteiger partial charge is 0.244 e. The molecule has 1 unspecified atom stereocenters. The summed E-state index contributed by atoms with van der Waals surface area (Å²) in [7, 11) is 1.71. The third-order valence-corrected chi connectivity index (χ3v) is 4.00. The average Bonchev–Trinajstić information content (AvgIpc) is 2.54. The summed E-state index contributed by atoms with van der Waals surface area (Å²) in [6, 6.07) is 7.95. The number of carbonyl (C=O) groups excluding carboxylic acids is 1. The number of anilines is 1. The highest BCUT2D eigenvalue weighted by Gasteiger charge is 2.22. The standard InChI is InChI=1S/C17H26N2O2/c1-14(17(20)19-11-6-3-7-12-19)18-16-9-5-4-8-15(16)10-13-21-2/h4-5,8-9,14,18H,3,6-7,10-13H2,1-2H3. The van der Waals surface area contributed by atoms with Gasteiger partial charge in [0.15, 0.2) is 0 Å². The lowest BCUT2D eigenvalue weighted by molar-refractivity contribution is -0.132. The number of ether oxygens (including phenoxy) is 1. The second-order valence-electron chi connectivity index (χ2n) is 5.65. The first-order chi connectivity index (χ1) is 10.2. The van der Waals surface area contributed by atoms with Gasteiger partial charge in [0.05, 0.1) is 6.61 Å². The van der Waals surface area contributed by atoms with Gasteiger partial charge in [-0.3, -0.25) is 4.79 Å². The van der Waals surface area contributed by atoms with Crippen LogP contribution >= 0.6 is 0 Å². The Labute approximate surface area is 127 Å². The van der Waals surface area contributed by atoms with Gasteiger partial charge in [-0.1, -0.05) is 18.2 Å². The van der Waals surface area contributed by atoms with Crippen LogP contribution in [0.3, 0.4) is 0 Å². The van der Waals surface area contributed by atoms with Gasteiger partial charge in [0.2, 0.25) is 5.91 Å². The van der Waals surface area contributed by atoms with Crippen molar-refractivity contribution in [3.8, 4) is 0 Å². The minimum Gasteiger partial charge on any atom is -0.384 e. The van der Waals surface area contributed by atoms with Crippen molar-refractivity contribution < 1.29 is 9.53 Å². The van der Waals surface area contributed by atoms with Crippen molar-refractivity contribution in [1.82, 2.24) is 4.90 Å². The summed E-state index contributed by atoms with van der Waals surface area (Å²) in [5.74, 6) is 0.205. The highest BCUT2D eigenvalue weighted by atomic mass is 16.5. The molecule has 0 aromatic heterocycles. The number of nitrogens with one attached hydrogen (secondary N) is 1. The Bertz CT molecular complexity index is 456. The predicted molar refractivity (Wildman–Crippen MR) is 85.5 cm³/mol. The monoisotopic (exact) mass is 290 g/mol. The minimum atomic E-state index is -0.188. The molecule has 1 aromatic rings. The molecule has 1 aliphatic rings. The molecular weight excluding hydrogens is 264 g/mol. The zero-order chi connectivity index (χ0) is 15.1. The van der Waals surface area contributed by atoms with Crippen LogP contribution in [0.2, 0.25) is 0 Å². The largest absolute Gasteiger partial charge is 0.384 e. The second kappa shape index (κ2) is 8.03. The van der Waals surface area contributed by atoms with Crippen molar-refractivity contribution in [2.45, 2.75) is 38.6 Å². The molecule has 1 atom stereocenters. The molecule has 0 spiro atoms. The first-order valence-electron chi connectivity index (χ1n) is 7.84. The maximum absolute atomic E-state index is 12.5. The maximum atomic E-state index is 12.5. The number of likely N-dealkylation sites (tertiary alicyclic amines) is 1. The summed E-state index contributed by atoms with van der Waals surface area (Å²) in [5.41, 5.74) is 2.23. The van der Waals surface area contributed by atoms with Crippen LogP contribution in [0.25, 0.3) is 0 Å². The SMILES string of the molecule is COCCc1ccccc1NC(C)C(=O)N1CCCCC1. The number of rotatable bonds is 6. The van der Waals surface area contributed by atoms with Gasteiger partial charge in [-0.2, -0.15) is 0 Å². The van der Waals surface area contributed by atoms with Gasteiger partial charge < -0.3 is 15.0 Å². The van der Waals surface area contributed by atoms with Crippen LogP contribution in [-0.4, -0.2) is 43.7 Å². The van der Waals surface area contributed by atoms with E-state index in [1.165, 1.54) is 12.0 Å². The molecule has 1 aromatic carbocycles. The lowest BCUT2D eigenvalue weighted by atomic mass is 10.1. The molecule has 1 aliphatic heterocycles. The van der Waals surface area contributed by atoms with E-state index < -0.39 is 0 Å². The van der Waals surface area contributed by atoms with E-state index in [1.54, 1.807) is 7.11 Å². The highest BCUT2D eigenvalue weighted by Crippen LogP contribution is 2.18. The third kappa shape index (κ3) is 4.46. The molecule has 2 rings (SSSR count). The highest BCUT2D eigenvalue weighted by molar-refractivity contribution is 5.84. The average molecular weight is 290 g/mol. The van der Waals surface area contributed by atoms with E-state index in [2.05, 4.69) is 11.4 Å². The number of para-hydroxylation sites is 1. The van der Waals surface area contributed by atoms with Crippen molar-refractivity contribution >= 4 is 11.6 Å². The Morgan fingerprint density at radius 2 is 2.00 bits per heavy atom. The Balaban J connectivity index is 1.98. The molecule has 116 valence electrons. The number of methoxy groups -OCH3 is 1. The molecule has 0 aliphatic carbocycles. The van der Waals surface area contributed by atoms with Crippen LogP contribution in [-0.2, 0) is 16.0 Å². The van der Waals surface area contributed by atoms with Crippen LogP contribution in [0.15, 0.2) is 24.3 Å². The van der Waals surface area contributed by atoms with Crippen molar-refractivity contribution in [3.05, 3.63) is 29.8 Å². The van der Waals surface area contributed by atoms with Crippen molar-refractivity contribution in [1.29, 1.82) is 0 Å². The summed E-state index contributed by atoms with van der Waals surface area (Å²) in [5, 5.41) is 3.37. The zero-order valence-corrected chi connectivity index (χ0v) is 13.1.